The molecule has 0 spiro atoms. The van der Waals surface area contributed by atoms with Crippen LogP contribution < -0.4 is 10.6 Å². The van der Waals surface area contributed by atoms with Crippen LogP contribution in [-0.2, 0) is 14.8 Å². The number of piperidine rings is 1. The van der Waals surface area contributed by atoms with Crippen molar-refractivity contribution < 1.29 is 13.2 Å². The Bertz CT molecular complexity index is 1580. The van der Waals surface area contributed by atoms with Crippen LogP contribution in [0.25, 0.3) is 32.0 Å². The Morgan fingerprint density at radius 1 is 0.974 bits per heavy atom. The quantitative estimate of drug-likeness (QED) is 0.395. The summed E-state index contributed by atoms with van der Waals surface area (Å²) in [5.74, 6) is 1.55. The van der Waals surface area contributed by atoms with Gasteiger partial charge in [-0.05, 0) is 43.0 Å². The third-order valence-corrected chi connectivity index (χ3v) is 10.3. The highest BCUT2D eigenvalue weighted by Gasteiger charge is 2.27. The molecule has 0 bridgehead atoms. The molecule has 0 atom stereocenters. The zero-order chi connectivity index (χ0) is 26.3. The number of morpholine rings is 1. The highest BCUT2D eigenvalue weighted by molar-refractivity contribution is 7.89. The molecule has 198 valence electrons. The summed E-state index contributed by atoms with van der Waals surface area (Å²) >= 11 is 1.59. The van der Waals surface area contributed by atoms with E-state index in [4.69, 9.17) is 20.4 Å². The second-order valence-corrected chi connectivity index (χ2v) is 12.5. The number of anilines is 2. The average Bonchev–Trinajstić information content (AvgIpc) is 3.30. The first kappa shape index (κ1) is 25.1. The maximum absolute atomic E-state index is 13.4. The molecule has 0 amide bonds. The zero-order valence-corrected chi connectivity index (χ0v) is 22.8. The molecule has 0 saturated carbocycles. The summed E-state index contributed by atoms with van der Waals surface area (Å²) in [7, 11) is -3.54. The Morgan fingerprint density at radius 3 is 2.45 bits per heavy atom. The van der Waals surface area contributed by atoms with E-state index in [1.165, 1.54) is 0 Å². The Hall–Kier alpha value is -3.19. The van der Waals surface area contributed by atoms with Crippen LogP contribution in [0.15, 0.2) is 41.6 Å². The lowest BCUT2D eigenvalue weighted by atomic mass is 10.1. The number of fused-ring (bicyclic) bond motifs is 1. The topological polar surface area (TPSA) is 127 Å². The minimum absolute atomic E-state index is 0.191. The molecular weight excluding hydrogens is 522 g/mol. The number of sulfonamides is 1. The van der Waals surface area contributed by atoms with E-state index < -0.39 is 10.0 Å². The van der Waals surface area contributed by atoms with Crippen LogP contribution in [0.2, 0.25) is 0 Å². The molecule has 2 aliphatic rings. The Labute approximate surface area is 225 Å². The number of ether oxygens (including phenoxy) is 1. The fraction of sp³-hybridized carbons (Fsp3) is 0.385. The molecule has 0 radical (unpaired) electrons. The summed E-state index contributed by atoms with van der Waals surface area (Å²) in [6.07, 6.45) is 6.13. The molecule has 4 aromatic rings. The second-order valence-electron chi connectivity index (χ2n) is 9.53. The van der Waals surface area contributed by atoms with Gasteiger partial charge in [0.05, 0.1) is 33.9 Å². The minimum atomic E-state index is -3.54. The molecule has 2 saturated heterocycles. The van der Waals surface area contributed by atoms with E-state index in [2.05, 4.69) is 14.9 Å². The highest BCUT2D eigenvalue weighted by atomic mass is 32.2. The van der Waals surface area contributed by atoms with Gasteiger partial charge in [-0.15, -0.1) is 11.3 Å². The number of hydrogen-bond acceptors (Lipinski definition) is 10. The van der Waals surface area contributed by atoms with E-state index in [1.54, 1.807) is 40.2 Å². The summed E-state index contributed by atoms with van der Waals surface area (Å²) in [6.45, 7) is 5.87. The molecule has 3 aromatic heterocycles. The van der Waals surface area contributed by atoms with E-state index in [9.17, 15) is 8.42 Å². The van der Waals surface area contributed by atoms with Crippen LogP contribution in [-0.4, -0.2) is 72.1 Å². The second kappa shape index (κ2) is 10.2. The van der Waals surface area contributed by atoms with Crippen LogP contribution in [0, 0.1) is 6.92 Å². The van der Waals surface area contributed by atoms with Crippen molar-refractivity contribution >= 4 is 43.3 Å². The van der Waals surface area contributed by atoms with Gasteiger partial charge in [0.2, 0.25) is 16.0 Å². The van der Waals surface area contributed by atoms with Gasteiger partial charge in [-0.3, -0.25) is 0 Å². The van der Waals surface area contributed by atoms with Crippen molar-refractivity contribution in [3.05, 3.63) is 42.2 Å². The summed E-state index contributed by atoms with van der Waals surface area (Å²) in [4.78, 5) is 21.6. The number of nitrogens with zero attached hydrogens (tertiary/aromatic N) is 6. The fourth-order valence-electron chi connectivity index (χ4n) is 4.97. The van der Waals surface area contributed by atoms with Gasteiger partial charge in [0.25, 0.3) is 0 Å². The lowest BCUT2D eigenvalue weighted by molar-refractivity contribution is 0.122. The lowest BCUT2D eigenvalue weighted by Crippen LogP contribution is -2.36. The van der Waals surface area contributed by atoms with Crippen molar-refractivity contribution in [2.75, 3.05) is 50.0 Å². The van der Waals surface area contributed by atoms with Crippen molar-refractivity contribution in [2.24, 2.45) is 0 Å². The first-order chi connectivity index (χ1) is 18.4. The summed E-state index contributed by atoms with van der Waals surface area (Å²) in [5, 5.41) is 0. The van der Waals surface area contributed by atoms with Crippen LogP contribution in [0.4, 0.5) is 11.8 Å². The van der Waals surface area contributed by atoms with E-state index in [-0.39, 0.29) is 5.95 Å². The number of nitrogen functional groups attached to an aromatic ring is 1. The van der Waals surface area contributed by atoms with Gasteiger partial charge in [-0.25, -0.2) is 28.4 Å². The zero-order valence-electron chi connectivity index (χ0n) is 21.1. The lowest BCUT2D eigenvalue weighted by Gasteiger charge is -2.28. The minimum Gasteiger partial charge on any atom is -0.378 e. The van der Waals surface area contributed by atoms with Crippen LogP contribution in [0.5, 0.6) is 0 Å². The molecule has 5 heterocycles. The smallest absolute Gasteiger partial charge is 0.243 e. The van der Waals surface area contributed by atoms with E-state index in [0.717, 1.165) is 64.4 Å². The van der Waals surface area contributed by atoms with Crippen molar-refractivity contribution in [3.8, 4) is 21.8 Å². The van der Waals surface area contributed by atoms with Crippen molar-refractivity contribution in [3.63, 3.8) is 0 Å². The molecule has 2 aliphatic heterocycles. The molecule has 1 aromatic carbocycles. The number of benzene rings is 1. The third-order valence-electron chi connectivity index (χ3n) is 7.04. The van der Waals surface area contributed by atoms with Gasteiger partial charge in [-0.2, -0.15) is 4.31 Å². The maximum atomic E-state index is 13.4. The number of thiophene rings is 1. The Kier molecular flexibility index (Phi) is 6.72. The largest absolute Gasteiger partial charge is 0.378 e. The normalized spacial score (nSPS) is 17.2. The predicted molar refractivity (Wildman–Crippen MR) is 149 cm³/mol. The van der Waals surface area contributed by atoms with Gasteiger partial charge in [-0.1, -0.05) is 18.6 Å². The molecule has 0 aliphatic carbocycles. The summed E-state index contributed by atoms with van der Waals surface area (Å²) in [6, 6.07) is 7.26. The molecule has 12 heteroatoms. The van der Waals surface area contributed by atoms with Gasteiger partial charge < -0.3 is 15.4 Å². The van der Waals surface area contributed by atoms with Crippen LogP contribution in [0.3, 0.4) is 0 Å². The number of aromatic nitrogens is 4. The number of aryl methyl sites for hydroxylation is 1. The van der Waals surface area contributed by atoms with Crippen LogP contribution in [0.1, 0.15) is 24.8 Å². The highest BCUT2D eigenvalue weighted by Crippen LogP contribution is 2.42. The Balaban J connectivity index is 1.47. The van der Waals surface area contributed by atoms with Gasteiger partial charge >= 0.3 is 0 Å². The number of hydrogen-bond donors (Lipinski definition) is 1. The van der Waals surface area contributed by atoms with Crippen molar-refractivity contribution in [1.29, 1.82) is 0 Å². The molecule has 2 fully saturated rings. The first-order valence-corrected chi connectivity index (χ1v) is 15.0. The van der Waals surface area contributed by atoms with E-state index in [1.807, 2.05) is 19.1 Å². The molecule has 10 nitrogen and oxygen atoms in total. The average molecular weight is 552 g/mol. The fourth-order valence-corrected chi connectivity index (χ4v) is 7.80. The Morgan fingerprint density at radius 2 is 1.71 bits per heavy atom. The first-order valence-electron chi connectivity index (χ1n) is 12.7. The maximum Gasteiger partial charge on any atom is 0.243 e. The van der Waals surface area contributed by atoms with Crippen LogP contribution >= 0.6 is 11.3 Å². The predicted octanol–water partition coefficient (Wildman–Crippen LogP) is 3.72. The van der Waals surface area contributed by atoms with Gasteiger partial charge in [0, 0.05) is 43.4 Å². The summed E-state index contributed by atoms with van der Waals surface area (Å²) in [5.41, 5.74) is 9.04. The summed E-state index contributed by atoms with van der Waals surface area (Å²) < 4.78 is 34.9. The molecule has 2 N–H and O–H groups in total. The van der Waals surface area contributed by atoms with Crippen molar-refractivity contribution in [1.82, 2.24) is 24.2 Å². The van der Waals surface area contributed by atoms with Crippen molar-refractivity contribution in [2.45, 2.75) is 31.1 Å². The molecule has 6 rings (SSSR count). The number of rotatable bonds is 5. The molecular formula is C26H29N7O3S2. The SMILES string of the molecule is Cc1c(-c2cccc(S(=O)(=O)N3CCCCC3)c2)sc2c(N3CCOCC3)nc(-c3cnc(N)nc3)nc12. The van der Waals surface area contributed by atoms with E-state index in [0.29, 0.717) is 42.6 Å². The van der Waals surface area contributed by atoms with E-state index >= 15 is 0 Å². The monoisotopic (exact) mass is 551 g/mol. The molecule has 0 unspecified atom stereocenters. The molecule has 38 heavy (non-hydrogen) atoms. The number of nitrogens with two attached hydrogens (primary N) is 1. The van der Waals surface area contributed by atoms with Gasteiger partial charge in [0.1, 0.15) is 0 Å². The third kappa shape index (κ3) is 4.62. The standard InChI is InChI=1S/C26H29N7O3S2/c1-17-21-23(25(32-10-12-36-13-11-32)31-24(30-21)19-15-28-26(27)29-16-19)37-22(17)18-6-5-7-20(14-18)38(34,35)33-8-3-2-4-9-33/h5-7,14-16H,2-4,8-13H2,1H3,(H2,27,28,29). The van der Waals surface area contributed by atoms with Gasteiger partial charge in [0.15, 0.2) is 11.6 Å².